The van der Waals surface area contributed by atoms with E-state index in [1.807, 2.05) is 0 Å². The highest BCUT2D eigenvalue weighted by Gasteiger charge is 2.48. The van der Waals surface area contributed by atoms with Crippen molar-refractivity contribution in [3.63, 3.8) is 0 Å². The van der Waals surface area contributed by atoms with E-state index in [0.717, 1.165) is 0 Å². The van der Waals surface area contributed by atoms with Gasteiger partial charge in [-0.05, 0) is 6.42 Å². The number of hydrogen-bond donors (Lipinski definition) is 1. The second-order valence-corrected chi connectivity index (χ2v) is 2.56. The molecule has 1 heterocycles. The molecular formula is C6H9F3O2. The molecule has 0 saturated carbocycles. The molecule has 1 fully saturated rings. The molecule has 0 radical (unpaired) electrons. The van der Waals surface area contributed by atoms with E-state index in [1.165, 1.54) is 0 Å². The van der Waals surface area contributed by atoms with Crippen LogP contribution in [-0.4, -0.2) is 30.6 Å². The van der Waals surface area contributed by atoms with Crippen molar-refractivity contribution in [3.05, 3.63) is 0 Å². The first-order valence-electron chi connectivity index (χ1n) is 3.35. The fraction of sp³-hybridized carbons (Fsp3) is 1.00. The second-order valence-electron chi connectivity index (χ2n) is 2.56. The molecule has 0 bridgehead atoms. The van der Waals surface area contributed by atoms with Gasteiger partial charge in [0.05, 0.1) is 0 Å². The Kier molecular flexibility index (Phi) is 2.39. The largest absolute Gasteiger partial charge is 0.414 e. The predicted molar refractivity (Wildman–Crippen MR) is 31.0 cm³/mol. The fourth-order valence-corrected chi connectivity index (χ4v) is 1.18. The zero-order chi connectivity index (χ0) is 8.48. The summed E-state index contributed by atoms with van der Waals surface area (Å²) in [5.41, 5.74) is 0. The van der Waals surface area contributed by atoms with Crippen LogP contribution in [0.5, 0.6) is 0 Å². The molecule has 1 N–H and O–H groups in total. The molecule has 0 aliphatic carbocycles. The quantitative estimate of drug-likeness (QED) is 0.634. The Morgan fingerprint density at radius 3 is 2.45 bits per heavy atom. The van der Waals surface area contributed by atoms with E-state index >= 15 is 0 Å². The van der Waals surface area contributed by atoms with Gasteiger partial charge in [-0.15, -0.1) is 0 Å². The van der Waals surface area contributed by atoms with Gasteiger partial charge >= 0.3 is 6.18 Å². The van der Waals surface area contributed by atoms with Crippen molar-refractivity contribution >= 4 is 0 Å². The Hall–Kier alpha value is -0.290. The standard InChI is InChI=1S/C6H9F3O2/c7-6(8,9)5-4(3-10)1-2-11-5/h4-5,10H,1-3H2/t4-,5+/m1/s1. The van der Waals surface area contributed by atoms with Crippen LogP contribution in [0.2, 0.25) is 0 Å². The summed E-state index contributed by atoms with van der Waals surface area (Å²) in [5.74, 6) is -0.769. The molecule has 0 aromatic carbocycles. The number of aliphatic hydroxyl groups excluding tert-OH is 1. The van der Waals surface area contributed by atoms with Crippen LogP contribution in [0.15, 0.2) is 0 Å². The summed E-state index contributed by atoms with van der Waals surface area (Å²) in [6.45, 7) is -0.362. The van der Waals surface area contributed by atoms with E-state index < -0.39 is 24.8 Å². The minimum atomic E-state index is -4.33. The molecule has 66 valence electrons. The van der Waals surface area contributed by atoms with Crippen molar-refractivity contribution in [1.82, 2.24) is 0 Å². The number of hydrogen-bond acceptors (Lipinski definition) is 2. The number of aliphatic hydroxyl groups is 1. The van der Waals surface area contributed by atoms with Crippen LogP contribution in [0.1, 0.15) is 6.42 Å². The monoisotopic (exact) mass is 170 g/mol. The van der Waals surface area contributed by atoms with Crippen LogP contribution in [0.3, 0.4) is 0 Å². The second kappa shape index (κ2) is 2.98. The van der Waals surface area contributed by atoms with E-state index in [2.05, 4.69) is 4.74 Å². The van der Waals surface area contributed by atoms with Crippen LogP contribution in [0, 0.1) is 5.92 Å². The highest BCUT2D eigenvalue weighted by atomic mass is 19.4. The maximum Gasteiger partial charge on any atom is 0.414 e. The van der Waals surface area contributed by atoms with Crippen molar-refractivity contribution in [3.8, 4) is 0 Å². The third-order valence-corrected chi connectivity index (χ3v) is 1.77. The van der Waals surface area contributed by atoms with Crippen LogP contribution in [0.4, 0.5) is 13.2 Å². The van der Waals surface area contributed by atoms with Gasteiger partial charge in [-0.2, -0.15) is 13.2 Å². The van der Waals surface area contributed by atoms with Crippen molar-refractivity contribution in [2.24, 2.45) is 5.92 Å². The summed E-state index contributed by atoms with van der Waals surface area (Å²) in [4.78, 5) is 0. The predicted octanol–water partition coefficient (Wildman–Crippen LogP) is 0.946. The Bertz CT molecular complexity index is 134. The maximum atomic E-state index is 12.0. The first kappa shape index (κ1) is 8.80. The lowest BCUT2D eigenvalue weighted by molar-refractivity contribution is -0.218. The first-order valence-corrected chi connectivity index (χ1v) is 3.35. The van der Waals surface area contributed by atoms with Gasteiger partial charge < -0.3 is 9.84 Å². The summed E-state index contributed by atoms with van der Waals surface area (Å²) in [6.07, 6.45) is -5.79. The Labute approximate surface area is 62.0 Å². The highest BCUT2D eigenvalue weighted by molar-refractivity contribution is 4.81. The summed E-state index contributed by atoms with van der Waals surface area (Å²) in [7, 11) is 0. The normalized spacial score (nSPS) is 32.7. The van der Waals surface area contributed by atoms with E-state index in [-0.39, 0.29) is 6.61 Å². The summed E-state index contributed by atoms with van der Waals surface area (Å²) in [6, 6.07) is 0. The van der Waals surface area contributed by atoms with Gasteiger partial charge in [0.25, 0.3) is 0 Å². The van der Waals surface area contributed by atoms with Gasteiger partial charge in [-0.25, -0.2) is 0 Å². The molecule has 11 heavy (non-hydrogen) atoms. The summed E-state index contributed by atoms with van der Waals surface area (Å²) >= 11 is 0. The van der Waals surface area contributed by atoms with E-state index in [4.69, 9.17) is 5.11 Å². The molecule has 2 atom stereocenters. The molecule has 5 heteroatoms. The van der Waals surface area contributed by atoms with Crippen LogP contribution < -0.4 is 0 Å². The number of alkyl halides is 3. The molecule has 0 aromatic heterocycles. The molecule has 2 nitrogen and oxygen atoms in total. The average molecular weight is 170 g/mol. The fourth-order valence-electron chi connectivity index (χ4n) is 1.18. The third kappa shape index (κ3) is 1.84. The molecule has 0 aromatic rings. The smallest absolute Gasteiger partial charge is 0.396 e. The molecule has 1 rings (SSSR count). The minimum absolute atomic E-state index is 0.0927. The van der Waals surface area contributed by atoms with Crippen molar-refractivity contribution in [2.45, 2.75) is 18.7 Å². The van der Waals surface area contributed by atoms with Gasteiger partial charge in [0.1, 0.15) is 0 Å². The van der Waals surface area contributed by atoms with E-state index in [0.29, 0.717) is 6.42 Å². The molecule has 1 saturated heterocycles. The SMILES string of the molecule is OC[C@H]1CCO[C@@H]1C(F)(F)F. The van der Waals surface area contributed by atoms with Crippen molar-refractivity contribution < 1.29 is 23.0 Å². The number of ether oxygens (including phenoxy) is 1. The lowest BCUT2D eigenvalue weighted by atomic mass is 10.0. The molecule has 0 amide bonds. The molecule has 0 spiro atoms. The third-order valence-electron chi connectivity index (χ3n) is 1.77. The number of rotatable bonds is 1. The number of halogens is 3. The van der Waals surface area contributed by atoms with Gasteiger partial charge in [-0.3, -0.25) is 0 Å². The summed E-state index contributed by atoms with van der Waals surface area (Å²) < 4.78 is 40.3. The van der Waals surface area contributed by atoms with Crippen LogP contribution in [0.25, 0.3) is 0 Å². The lowest BCUT2D eigenvalue weighted by Crippen LogP contribution is -2.35. The first-order chi connectivity index (χ1) is 5.05. The topological polar surface area (TPSA) is 29.5 Å². The van der Waals surface area contributed by atoms with Gasteiger partial charge in [-0.1, -0.05) is 0 Å². The van der Waals surface area contributed by atoms with Crippen LogP contribution in [-0.2, 0) is 4.74 Å². The van der Waals surface area contributed by atoms with Gasteiger partial charge in [0, 0.05) is 19.1 Å². The average Bonchev–Trinajstić information content (AvgIpc) is 2.31. The molecule has 0 unspecified atom stereocenters. The van der Waals surface area contributed by atoms with Crippen molar-refractivity contribution in [1.29, 1.82) is 0 Å². The lowest BCUT2D eigenvalue weighted by Gasteiger charge is -2.18. The minimum Gasteiger partial charge on any atom is -0.396 e. The van der Waals surface area contributed by atoms with E-state index in [9.17, 15) is 13.2 Å². The zero-order valence-electron chi connectivity index (χ0n) is 5.77. The molecule has 1 aliphatic rings. The maximum absolute atomic E-state index is 12.0. The zero-order valence-corrected chi connectivity index (χ0v) is 5.77. The van der Waals surface area contributed by atoms with Crippen LogP contribution >= 0.6 is 0 Å². The molecular weight excluding hydrogens is 161 g/mol. The molecule has 1 aliphatic heterocycles. The summed E-state index contributed by atoms with van der Waals surface area (Å²) in [5, 5.41) is 8.52. The Balaban J connectivity index is 2.57. The Morgan fingerprint density at radius 2 is 2.09 bits per heavy atom. The van der Waals surface area contributed by atoms with E-state index in [1.54, 1.807) is 0 Å². The van der Waals surface area contributed by atoms with Gasteiger partial charge in [0.15, 0.2) is 6.10 Å². The van der Waals surface area contributed by atoms with Crippen molar-refractivity contribution in [2.75, 3.05) is 13.2 Å². The van der Waals surface area contributed by atoms with Gasteiger partial charge in [0.2, 0.25) is 0 Å². The Morgan fingerprint density at radius 1 is 1.45 bits per heavy atom. The highest BCUT2D eigenvalue weighted by Crippen LogP contribution is 2.33.